The maximum absolute atomic E-state index is 15.4. The lowest BCUT2D eigenvalue weighted by molar-refractivity contribution is 0.461. The van der Waals surface area contributed by atoms with Crippen molar-refractivity contribution >= 4 is 69.2 Å². The van der Waals surface area contributed by atoms with E-state index in [0.29, 0.717) is 106 Å². The van der Waals surface area contributed by atoms with Crippen LogP contribution in [-0.4, -0.2) is 0 Å². The third-order valence-electron chi connectivity index (χ3n) is 20.9. The summed E-state index contributed by atoms with van der Waals surface area (Å²) in [6.07, 6.45) is 0. The van der Waals surface area contributed by atoms with Gasteiger partial charge in [-0.25, -0.2) is 0 Å². The van der Waals surface area contributed by atoms with E-state index in [1.165, 1.54) is 11.1 Å². The first-order valence-corrected chi connectivity index (χ1v) is 40.4. The molecule has 0 aromatic heterocycles. The van der Waals surface area contributed by atoms with Gasteiger partial charge in [-0.1, -0.05) is 212 Å². The molecule has 0 spiro atoms. The minimum absolute atomic E-state index is 0.593. The van der Waals surface area contributed by atoms with E-state index < -0.39 is 21.4 Å². The predicted octanol–water partition coefficient (Wildman–Crippen LogP) is 21.8. The van der Waals surface area contributed by atoms with E-state index in [2.05, 4.69) is 107 Å². The van der Waals surface area contributed by atoms with Gasteiger partial charge in [-0.3, -0.25) is 0 Å². The summed E-state index contributed by atoms with van der Waals surface area (Å²) in [6, 6.07) is 106. The van der Waals surface area contributed by atoms with Gasteiger partial charge in [-0.2, -0.15) is 0 Å². The van der Waals surface area contributed by atoms with E-state index in [9.17, 15) is 0 Å². The third-order valence-corrected chi connectivity index (χ3v) is 30.4. The number of ether oxygens (including phenoxy) is 6. The molecule has 510 valence electrons. The summed E-state index contributed by atoms with van der Waals surface area (Å²) in [6.45, 7) is 8.36. The van der Waals surface area contributed by atoms with Gasteiger partial charge in [0.15, 0.2) is 21.4 Å². The predicted molar refractivity (Wildman–Crippen MR) is 430 cm³/mol. The fourth-order valence-electron chi connectivity index (χ4n) is 15.8. The second-order valence-electron chi connectivity index (χ2n) is 27.3. The van der Waals surface area contributed by atoms with Crippen LogP contribution in [0.5, 0.6) is 69.0 Å². The third kappa shape index (κ3) is 10.4. The molecule has 3 atom stereocenters. The summed E-state index contributed by atoms with van der Waals surface area (Å²) in [5.74, 6) is 7.37. The lowest BCUT2D eigenvalue weighted by Gasteiger charge is -2.35. The molecular weight excluding hydrogens is 1370 g/mol. The topological polar surface area (TPSA) is 107 Å². The van der Waals surface area contributed by atoms with Crippen molar-refractivity contribution in [3.05, 3.63) is 344 Å². The Morgan fingerprint density at radius 2 is 0.415 bits per heavy atom. The second kappa shape index (κ2) is 25.3. The zero-order chi connectivity index (χ0) is 71.6. The molecule has 15 aromatic carbocycles. The summed E-state index contributed by atoms with van der Waals surface area (Å²) >= 11 is 0. The molecule has 106 heavy (non-hydrogen) atoms. The van der Waals surface area contributed by atoms with E-state index in [1.807, 2.05) is 243 Å². The molecule has 6 aliphatic rings. The summed E-state index contributed by atoms with van der Waals surface area (Å²) < 4.78 is 84.4. The van der Waals surface area contributed by atoms with Gasteiger partial charge >= 0.3 is 0 Å². The van der Waals surface area contributed by atoms with Crippen molar-refractivity contribution in [1.82, 2.24) is 0 Å². The number of benzene rings is 15. The summed E-state index contributed by atoms with van der Waals surface area (Å²) in [4.78, 5) is 0. The standard InChI is InChI=1S/C32H23O3P.2C31H21O3P/c1-20-9-3-5-11-24(20)22-15-16-27-31(19-22)36(33)30-14-8-7-13-26(30)34-28-17-23(18-29(35-27)32(28)36)25-12-6-4-10-21(25)2;1-20-9-5-6-12-24(20)22-15-16-26-30(19-22)35(32)29-14-8-7-13-25(29)33-27-17-23(18-28(34-26)31(27)35)21-10-3-2-4-11-21;1-20-9-5-6-12-24(20)23-17-27-31-28(18-23)34-26-16-15-22(21-10-3-2-4-11-21)19-30(26)35(31,32)29-14-8-7-13-25(29)33-27/h3-19H,1-2H3;2*2-19H,1H3. The van der Waals surface area contributed by atoms with E-state index in [-0.39, 0.29) is 0 Å². The zero-order valence-electron chi connectivity index (χ0n) is 58.1. The molecular formula is C94H65O9P3. The van der Waals surface area contributed by atoms with Crippen LogP contribution >= 0.6 is 21.4 Å². The first-order valence-electron chi connectivity index (χ1n) is 35.3. The first kappa shape index (κ1) is 64.6. The van der Waals surface area contributed by atoms with Gasteiger partial charge in [0, 0.05) is 0 Å². The van der Waals surface area contributed by atoms with Crippen LogP contribution in [0.4, 0.5) is 0 Å². The van der Waals surface area contributed by atoms with Crippen LogP contribution in [-0.2, 0) is 13.7 Å². The first-order chi connectivity index (χ1) is 51.8. The highest BCUT2D eigenvalue weighted by Crippen LogP contribution is 2.63. The molecule has 0 bridgehead atoms. The smallest absolute Gasteiger partial charge is 0.185 e. The van der Waals surface area contributed by atoms with Crippen LogP contribution in [0.15, 0.2) is 322 Å². The number of hydrogen-bond acceptors (Lipinski definition) is 9. The van der Waals surface area contributed by atoms with Crippen LogP contribution in [0.25, 0.3) is 66.8 Å². The van der Waals surface area contributed by atoms with Gasteiger partial charge in [0.05, 0.1) is 31.8 Å². The van der Waals surface area contributed by atoms with Crippen LogP contribution < -0.4 is 76.2 Å². The van der Waals surface area contributed by atoms with Crippen LogP contribution in [0.1, 0.15) is 22.3 Å². The van der Waals surface area contributed by atoms with E-state index in [0.717, 1.165) is 88.5 Å². The molecule has 0 amide bonds. The molecule has 6 heterocycles. The molecule has 9 nitrogen and oxygen atoms in total. The summed E-state index contributed by atoms with van der Waals surface area (Å²) in [5.41, 5.74) is 17.2. The average Bonchev–Trinajstić information content (AvgIpc) is 0.710. The molecule has 12 heteroatoms. The van der Waals surface area contributed by atoms with Crippen molar-refractivity contribution in [1.29, 1.82) is 0 Å². The average molecular weight is 1430 g/mol. The van der Waals surface area contributed by atoms with Gasteiger partial charge in [-0.15, -0.1) is 0 Å². The highest BCUT2D eigenvalue weighted by atomic mass is 31.2. The quantitative estimate of drug-likeness (QED) is 0.150. The van der Waals surface area contributed by atoms with E-state index >= 15 is 13.7 Å². The summed E-state index contributed by atoms with van der Waals surface area (Å²) in [5, 5.41) is 6.23. The van der Waals surface area contributed by atoms with Crippen molar-refractivity contribution < 1.29 is 42.1 Å². The fourth-order valence-corrected chi connectivity index (χ4v) is 24.9. The molecule has 6 aliphatic heterocycles. The number of aryl methyl sites for hydroxylation is 4. The largest absolute Gasteiger partial charge is 0.456 e. The molecule has 0 aliphatic carbocycles. The fraction of sp³-hybridized carbons (Fsp3) is 0.0426. The summed E-state index contributed by atoms with van der Waals surface area (Å²) in [7, 11) is -9.73. The Bertz CT molecular complexity index is 6290. The number of hydrogen-bond donors (Lipinski definition) is 0. The van der Waals surface area contributed by atoms with E-state index in [1.54, 1.807) is 0 Å². The normalized spacial score (nSPS) is 16.8. The van der Waals surface area contributed by atoms with Crippen molar-refractivity contribution in [2.45, 2.75) is 27.7 Å². The highest BCUT2D eigenvalue weighted by molar-refractivity contribution is 7.87. The van der Waals surface area contributed by atoms with Crippen molar-refractivity contribution in [3.8, 4) is 136 Å². The lowest BCUT2D eigenvalue weighted by atomic mass is 10.00. The maximum atomic E-state index is 15.4. The Labute approximate surface area is 614 Å². The molecule has 0 saturated carbocycles. The Kier molecular flexibility index (Phi) is 15.4. The van der Waals surface area contributed by atoms with E-state index in [4.69, 9.17) is 28.4 Å². The number of para-hydroxylation sites is 3. The molecule has 0 N–H and O–H groups in total. The Hall–Kier alpha value is -12.2. The van der Waals surface area contributed by atoms with Crippen LogP contribution in [0.2, 0.25) is 0 Å². The lowest BCUT2D eigenvalue weighted by Crippen LogP contribution is -2.35. The molecule has 0 fully saturated rings. The van der Waals surface area contributed by atoms with Gasteiger partial charge in [0.1, 0.15) is 84.9 Å². The Morgan fingerprint density at radius 3 is 0.736 bits per heavy atom. The van der Waals surface area contributed by atoms with Gasteiger partial charge in [0.2, 0.25) is 0 Å². The van der Waals surface area contributed by atoms with Crippen molar-refractivity contribution in [2.75, 3.05) is 0 Å². The van der Waals surface area contributed by atoms with Gasteiger partial charge < -0.3 is 42.1 Å². The minimum Gasteiger partial charge on any atom is -0.456 e. The van der Waals surface area contributed by atoms with Crippen molar-refractivity contribution in [2.24, 2.45) is 0 Å². The monoisotopic (exact) mass is 1430 g/mol. The SMILES string of the molecule is Cc1ccccc1-c1cc2c3c(c1)Oc1ccc(-c4ccccc4)cc1P3(=O)c1ccccc1O2.Cc1ccccc1-c1cc2c3c(c1)Oc1ccc(-c4ccccc4C)cc1P3(=O)c1ccccc1O2.Cc1ccccc1-c1ccc2c(c1)P1(=O)c3ccccc3Oc3cc(-c4ccccc4)cc(c31)O2. The van der Waals surface area contributed by atoms with Gasteiger partial charge in [0.25, 0.3) is 0 Å². The number of fused-ring (bicyclic) bond motifs is 12. The highest BCUT2D eigenvalue weighted by Gasteiger charge is 2.50. The minimum atomic E-state index is -3.25. The Balaban J connectivity index is 0.000000109. The molecule has 0 saturated heterocycles. The van der Waals surface area contributed by atoms with Gasteiger partial charge in [-0.05, 0) is 226 Å². The molecule has 15 aromatic rings. The molecule has 3 unspecified atom stereocenters. The molecule has 21 rings (SSSR count). The second-order valence-corrected chi connectivity index (χ2v) is 35.2. The maximum Gasteiger partial charge on any atom is 0.185 e. The number of rotatable bonds is 6. The Morgan fingerprint density at radius 1 is 0.179 bits per heavy atom. The van der Waals surface area contributed by atoms with Crippen LogP contribution in [0, 0.1) is 27.7 Å². The molecule has 0 radical (unpaired) electrons. The van der Waals surface area contributed by atoms with Crippen molar-refractivity contribution in [3.63, 3.8) is 0 Å². The van der Waals surface area contributed by atoms with Crippen LogP contribution in [0.3, 0.4) is 0 Å². The zero-order valence-corrected chi connectivity index (χ0v) is 60.8.